The summed E-state index contributed by atoms with van der Waals surface area (Å²) in [6, 6.07) is -1.09. The summed E-state index contributed by atoms with van der Waals surface area (Å²) in [4.78, 5) is 36.1. The molecule has 1 aliphatic heterocycles. The van der Waals surface area contributed by atoms with Crippen LogP contribution in [0.1, 0.15) is 45.4 Å². The molecule has 1 fully saturated rings. The van der Waals surface area contributed by atoms with Gasteiger partial charge in [0.25, 0.3) is 0 Å². The summed E-state index contributed by atoms with van der Waals surface area (Å²) < 4.78 is 4.86. The Bertz CT molecular complexity index is 366. The van der Waals surface area contributed by atoms with E-state index in [1.54, 1.807) is 4.90 Å². The third-order valence-corrected chi connectivity index (χ3v) is 3.43. The molecule has 1 aliphatic rings. The normalized spacial score (nSPS) is 15.6. The number of nitrogens with zero attached hydrogens (tertiary/aromatic N) is 1. The van der Waals surface area contributed by atoms with Crippen LogP contribution in [0.5, 0.6) is 0 Å². The van der Waals surface area contributed by atoms with Crippen molar-refractivity contribution in [3.63, 3.8) is 0 Å². The summed E-state index contributed by atoms with van der Waals surface area (Å²) in [6.45, 7) is 3.71. The van der Waals surface area contributed by atoms with E-state index in [4.69, 9.17) is 9.84 Å². The zero-order chi connectivity index (χ0) is 15.7. The van der Waals surface area contributed by atoms with Gasteiger partial charge in [0.05, 0.1) is 6.61 Å². The van der Waals surface area contributed by atoms with Crippen molar-refractivity contribution in [2.24, 2.45) is 0 Å². The second-order valence-corrected chi connectivity index (χ2v) is 5.15. The standard InChI is InChI=1S/C14H24N2O5/c1-2-3-10-21-14(20)15-11(13(18)19)6-7-12(17)16-8-4-5-9-16/h11H,2-10H2,1H3,(H,15,20)(H,18,19). The lowest BCUT2D eigenvalue weighted by Crippen LogP contribution is -2.42. The minimum atomic E-state index is -1.16. The molecule has 120 valence electrons. The molecule has 2 N–H and O–H groups in total. The lowest BCUT2D eigenvalue weighted by Gasteiger charge is -2.18. The van der Waals surface area contributed by atoms with Gasteiger partial charge in [-0.1, -0.05) is 13.3 Å². The van der Waals surface area contributed by atoms with E-state index in [-0.39, 0.29) is 25.4 Å². The number of carbonyl (C=O) groups excluding carboxylic acids is 2. The largest absolute Gasteiger partial charge is 0.480 e. The van der Waals surface area contributed by atoms with Gasteiger partial charge in [0.15, 0.2) is 0 Å². The summed E-state index contributed by atoms with van der Waals surface area (Å²) in [5.41, 5.74) is 0. The average molecular weight is 300 g/mol. The Morgan fingerprint density at radius 3 is 2.52 bits per heavy atom. The van der Waals surface area contributed by atoms with Gasteiger partial charge in [-0.25, -0.2) is 9.59 Å². The van der Waals surface area contributed by atoms with Gasteiger partial charge in [-0.2, -0.15) is 0 Å². The van der Waals surface area contributed by atoms with Crippen molar-refractivity contribution in [3.8, 4) is 0 Å². The Morgan fingerprint density at radius 2 is 1.95 bits per heavy atom. The molecular weight excluding hydrogens is 276 g/mol. The van der Waals surface area contributed by atoms with E-state index >= 15 is 0 Å². The van der Waals surface area contributed by atoms with Crippen LogP contribution in [0.25, 0.3) is 0 Å². The van der Waals surface area contributed by atoms with E-state index in [1.165, 1.54) is 0 Å². The van der Waals surface area contributed by atoms with Crippen LogP contribution in [0.2, 0.25) is 0 Å². The first-order chi connectivity index (χ1) is 10.0. The van der Waals surface area contributed by atoms with Gasteiger partial charge < -0.3 is 20.1 Å². The maximum Gasteiger partial charge on any atom is 0.407 e. The van der Waals surface area contributed by atoms with E-state index in [9.17, 15) is 14.4 Å². The smallest absolute Gasteiger partial charge is 0.407 e. The molecule has 0 aromatic carbocycles. The van der Waals surface area contributed by atoms with Crippen molar-refractivity contribution in [3.05, 3.63) is 0 Å². The van der Waals surface area contributed by atoms with Crippen LogP contribution >= 0.6 is 0 Å². The van der Waals surface area contributed by atoms with Gasteiger partial charge in [-0.05, 0) is 25.7 Å². The predicted octanol–water partition coefficient (Wildman–Crippen LogP) is 1.37. The van der Waals surface area contributed by atoms with Crippen molar-refractivity contribution in [1.82, 2.24) is 10.2 Å². The molecule has 1 rings (SSSR count). The number of hydrogen-bond acceptors (Lipinski definition) is 4. The Labute approximate surface area is 124 Å². The van der Waals surface area contributed by atoms with Crippen LogP contribution in [-0.4, -0.2) is 53.7 Å². The SMILES string of the molecule is CCCCOC(=O)NC(CCC(=O)N1CCCC1)C(=O)O. The molecule has 1 unspecified atom stereocenters. The summed E-state index contributed by atoms with van der Waals surface area (Å²) >= 11 is 0. The lowest BCUT2D eigenvalue weighted by molar-refractivity contribution is -0.139. The number of ether oxygens (including phenoxy) is 1. The number of carbonyl (C=O) groups is 3. The molecule has 1 saturated heterocycles. The van der Waals surface area contributed by atoms with Crippen molar-refractivity contribution >= 4 is 18.0 Å². The molecule has 0 saturated carbocycles. The third kappa shape index (κ3) is 6.46. The summed E-state index contributed by atoms with van der Waals surface area (Å²) in [6.07, 6.45) is 3.06. The molecule has 7 nitrogen and oxygen atoms in total. The minimum Gasteiger partial charge on any atom is -0.480 e. The molecule has 21 heavy (non-hydrogen) atoms. The zero-order valence-electron chi connectivity index (χ0n) is 12.5. The Morgan fingerprint density at radius 1 is 1.29 bits per heavy atom. The van der Waals surface area contributed by atoms with Crippen molar-refractivity contribution < 1.29 is 24.2 Å². The number of carboxylic acid groups (broad SMARTS) is 1. The molecule has 0 bridgehead atoms. The molecule has 7 heteroatoms. The number of nitrogens with one attached hydrogen (secondary N) is 1. The Kier molecular flexibility index (Phi) is 7.56. The molecule has 0 aliphatic carbocycles. The van der Waals surface area contributed by atoms with Gasteiger partial charge in [0.2, 0.25) is 5.91 Å². The molecule has 1 atom stereocenters. The Hall–Kier alpha value is -1.79. The number of alkyl carbamates (subject to hydrolysis) is 1. The van der Waals surface area contributed by atoms with Gasteiger partial charge in [-0.3, -0.25) is 4.79 Å². The first kappa shape index (κ1) is 17.3. The summed E-state index contributed by atoms with van der Waals surface area (Å²) in [5.74, 6) is -1.21. The van der Waals surface area contributed by atoms with E-state index < -0.39 is 18.1 Å². The Balaban J connectivity index is 2.33. The first-order valence-electron chi connectivity index (χ1n) is 7.48. The van der Waals surface area contributed by atoms with Crippen molar-refractivity contribution in [2.75, 3.05) is 19.7 Å². The maximum atomic E-state index is 11.9. The third-order valence-electron chi connectivity index (χ3n) is 3.43. The predicted molar refractivity (Wildman–Crippen MR) is 75.9 cm³/mol. The number of rotatable bonds is 8. The first-order valence-corrected chi connectivity index (χ1v) is 7.48. The van der Waals surface area contributed by atoms with Crippen LogP contribution in [0.4, 0.5) is 4.79 Å². The fraction of sp³-hybridized carbons (Fsp3) is 0.786. The molecule has 0 radical (unpaired) electrons. The van der Waals surface area contributed by atoms with Crippen molar-refractivity contribution in [1.29, 1.82) is 0 Å². The molecule has 0 aromatic rings. The zero-order valence-corrected chi connectivity index (χ0v) is 12.5. The molecule has 2 amide bonds. The van der Waals surface area contributed by atoms with Crippen molar-refractivity contribution in [2.45, 2.75) is 51.5 Å². The number of unbranched alkanes of at least 4 members (excludes halogenated alkanes) is 1. The molecule has 0 aromatic heterocycles. The second kappa shape index (κ2) is 9.20. The fourth-order valence-corrected chi connectivity index (χ4v) is 2.14. The number of amides is 2. The van der Waals surface area contributed by atoms with Crippen LogP contribution in [-0.2, 0) is 14.3 Å². The number of likely N-dealkylation sites (tertiary alicyclic amines) is 1. The van der Waals surface area contributed by atoms with E-state index in [0.717, 1.165) is 38.8 Å². The van der Waals surface area contributed by atoms with Gasteiger partial charge in [0, 0.05) is 19.5 Å². The van der Waals surface area contributed by atoms with Crippen LogP contribution < -0.4 is 5.32 Å². The second-order valence-electron chi connectivity index (χ2n) is 5.15. The number of aliphatic carboxylic acids is 1. The van der Waals surface area contributed by atoms with Gasteiger partial charge >= 0.3 is 12.1 Å². The highest BCUT2D eigenvalue weighted by Crippen LogP contribution is 2.11. The maximum absolute atomic E-state index is 11.9. The minimum absolute atomic E-state index is 0.0556. The fourth-order valence-electron chi connectivity index (χ4n) is 2.14. The highest BCUT2D eigenvalue weighted by molar-refractivity contribution is 5.81. The average Bonchev–Trinajstić information content (AvgIpc) is 2.97. The van der Waals surface area contributed by atoms with Gasteiger partial charge in [-0.15, -0.1) is 0 Å². The van der Waals surface area contributed by atoms with Gasteiger partial charge in [0.1, 0.15) is 6.04 Å². The summed E-state index contributed by atoms with van der Waals surface area (Å²) in [7, 11) is 0. The summed E-state index contributed by atoms with van der Waals surface area (Å²) in [5, 5.41) is 11.4. The lowest BCUT2D eigenvalue weighted by atomic mass is 10.1. The van der Waals surface area contributed by atoms with E-state index in [2.05, 4.69) is 5.32 Å². The van der Waals surface area contributed by atoms with E-state index in [1.807, 2.05) is 6.92 Å². The molecule has 1 heterocycles. The topological polar surface area (TPSA) is 95.9 Å². The molecular formula is C14H24N2O5. The highest BCUT2D eigenvalue weighted by atomic mass is 16.5. The van der Waals surface area contributed by atoms with E-state index in [0.29, 0.717) is 0 Å². The number of carboxylic acids is 1. The monoisotopic (exact) mass is 300 g/mol. The van der Waals surface area contributed by atoms with Crippen LogP contribution in [0.3, 0.4) is 0 Å². The quantitative estimate of drug-likeness (QED) is 0.660. The van der Waals surface area contributed by atoms with Crippen LogP contribution in [0.15, 0.2) is 0 Å². The van der Waals surface area contributed by atoms with Crippen LogP contribution in [0, 0.1) is 0 Å². The molecule has 0 spiro atoms. The number of hydrogen-bond donors (Lipinski definition) is 2. The highest BCUT2D eigenvalue weighted by Gasteiger charge is 2.24.